The predicted octanol–water partition coefficient (Wildman–Crippen LogP) is 4.46. The first kappa shape index (κ1) is 18.8. The Hall–Kier alpha value is -2.22. The van der Waals surface area contributed by atoms with E-state index in [1.807, 2.05) is 0 Å². The first-order valence-corrected chi connectivity index (χ1v) is 6.49. The molecule has 0 saturated heterocycles. The topological polar surface area (TPSA) is 103 Å². The summed E-state index contributed by atoms with van der Waals surface area (Å²) < 4.78 is 0. The van der Waals surface area contributed by atoms with Crippen LogP contribution < -0.4 is 0 Å². The van der Waals surface area contributed by atoms with E-state index in [9.17, 15) is 25.0 Å². The van der Waals surface area contributed by atoms with Crippen molar-refractivity contribution in [3.8, 4) is 0 Å². The lowest BCUT2D eigenvalue weighted by molar-refractivity contribution is -0.385. The molecule has 0 N–H and O–H groups in total. The summed E-state index contributed by atoms with van der Waals surface area (Å²) in [6.45, 7) is 0. The summed E-state index contributed by atoms with van der Waals surface area (Å²) in [5, 5.41) is 21.1. The normalized spacial score (nSPS) is 9.83. The third-order valence-corrected chi connectivity index (χ3v) is 3.44. The minimum atomic E-state index is -0.640. The number of non-ortho nitro benzene ring substituents is 2. The lowest BCUT2D eigenvalue weighted by Gasteiger charge is -2.05. The van der Waals surface area contributed by atoms with E-state index in [-0.39, 0.29) is 45.0 Å². The molecule has 0 heterocycles. The number of halogens is 3. The van der Waals surface area contributed by atoms with Crippen LogP contribution in [0, 0.1) is 20.2 Å². The number of benzene rings is 2. The first-order valence-electron chi connectivity index (χ1n) is 5.74. The SMILES string of the molecule is Cl.O=C(c1ccc([N+](=O)[O-])cc1Cl)c1ccc([N+](=O)[O-])cc1Cl. The van der Waals surface area contributed by atoms with Gasteiger partial charge in [-0.1, -0.05) is 23.2 Å². The molecule has 0 aliphatic carbocycles. The van der Waals surface area contributed by atoms with Crippen LogP contribution in [0.2, 0.25) is 10.0 Å². The fraction of sp³-hybridized carbons (Fsp3) is 0. The summed E-state index contributed by atoms with van der Waals surface area (Å²) in [5.74, 6) is -0.584. The molecule has 0 saturated carbocycles. The molecule has 0 amide bonds. The number of nitro groups is 2. The van der Waals surface area contributed by atoms with Crippen LogP contribution in [-0.2, 0) is 0 Å². The number of hydrogen-bond donors (Lipinski definition) is 0. The highest BCUT2D eigenvalue weighted by Crippen LogP contribution is 2.29. The molecule has 0 bridgehead atoms. The van der Waals surface area contributed by atoms with E-state index < -0.39 is 15.6 Å². The predicted molar refractivity (Wildman–Crippen MR) is 86.9 cm³/mol. The van der Waals surface area contributed by atoms with Gasteiger partial charge in [0, 0.05) is 35.4 Å². The minimum Gasteiger partial charge on any atom is -0.288 e. The van der Waals surface area contributed by atoms with Crippen molar-refractivity contribution in [2.45, 2.75) is 0 Å². The van der Waals surface area contributed by atoms with Crippen LogP contribution in [0.4, 0.5) is 11.4 Å². The molecule has 0 fully saturated rings. The second-order valence-corrected chi connectivity index (χ2v) is 4.99. The molecule has 0 aliphatic rings. The monoisotopic (exact) mass is 376 g/mol. The number of ketones is 1. The molecule has 2 aromatic rings. The minimum absolute atomic E-state index is 0. The molecule has 0 aliphatic heterocycles. The van der Waals surface area contributed by atoms with Crippen molar-refractivity contribution in [3.63, 3.8) is 0 Å². The summed E-state index contributed by atoms with van der Waals surface area (Å²) in [4.78, 5) is 32.3. The molecule has 2 aromatic carbocycles. The molecule has 0 spiro atoms. The average Bonchev–Trinajstić information content (AvgIpc) is 2.46. The number of carbonyl (C=O) groups excluding carboxylic acids is 1. The van der Waals surface area contributed by atoms with Gasteiger partial charge in [-0.3, -0.25) is 25.0 Å². The van der Waals surface area contributed by atoms with Gasteiger partial charge in [-0.25, -0.2) is 0 Å². The zero-order valence-corrected chi connectivity index (χ0v) is 13.4. The van der Waals surface area contributed by atoms with Gasteiger partial charge in [0.25, 0.3) is 11.4 Å². The van der Waals surface area contributed by atoms with Gasteiger partial charge < -0.3 is 0 Å². The molecular weight excluding hydrogens is 371 g/mol. The third-order valence-electron chi connectivity index (χ3n) is 2.82. The van der Waals surface area contributed by atoms with Crippen molar-refractivity contribution in [2.24, 2.45) is 0 Å². The fourth-order valence-electron chi connectivity index (χ4n) is 1.75. The van der Waals surface area contributed by atoms with Crippen molar-refractivity contribution in [2.75, 3.05) is 0 Å². The summed E-state index contributed by atoms with van der Waals surface area (Å²) in [7, 11) is 0. The van der Waals surface area contributed by atoms with Crippen molar-refractivity contribution < 1.29 is 14.6 Å². The van der Waals surface area contributed by atoms with Crippen molar-refractivity contribution in [3.05, 3.63) is 77.8 Å². The molecule has 7 nitrogen and oxygen atoms in total. The summed E-state index contributed by atoms with van der Waals surface area (Å²) in [6.07, 6.45) is 0. The lowest BCUT2D eigenvalue weighted by atomic mass is 10.0. The summed E-state index contributed by atoms with van der Waals surface area (Å²) in [6, 6.07) is 6.79. The van der Waals surface area contributed by atoms with Gasteiger partial charge in [0.1, 0.15) is 0 Å². The Kier molecular flexibility index (Phi) is 6.03. The van der Waals surface area contributed by atoms with Crippen LogP contribution in [0.5, 0.6) is 0 Å². The van der Waals surface area contributed by atoms with Crippen LogP contribution in [-0.4, -0.2) is 15.6 Å². The summed E-state index contributed by atoms with van der Waals surface area (Å²) in [5.41, 5.74) is -0.473. The molecular formula is C13H7Cl3N2O5. The van der Waals surface area contributed by atoms with E-state index in [0.717, 1.165) is 24.3 Å². The maximum atomic E-state index is 12.3. The Morgan fingerprint density at radius 3 is 1.43 bits per heavy atom. The number of nitrogens with zero attached hydrogens (tertiary/aromatic N) is 2. The standard InChI is InChI=1S/C13H6Cl2N2O5.ClH/c14-11-5-7(16(19)20)1-3-9(11)13(18)10-4-2-8(17(21)22)6-12(10)15;/h1-6H;1H. The Morgan fingerprint density at radius 2 is 1.17 bits per heavy atom. The Bertz CT molecular complexity index is 745. The van der Waals surface area contributed by atoms with E-state index in [1.165, 1.54) is 12.1 Å². The van der Waals surface area contributed by atoms with Gasteiger partial charge in [-0.2, -0.15) is 0 Å². The van der Waals surface area contributed by atoms with Gasteiger partial charge in [-0.15, -0.1) is 12.4 Å². The molecule has 23 heavy (non-hydrogen) atoms. The second kappa shape index (κ2) is 7.36. The quantitative estimate of drug-likeness (QED) is 0.444. The average molecular weight is 378 g/mol. The maximum Gasteiger partial charge on any atom is 0.270 e. The van der Waals surface area contributed by atoms with Crippen LogP contribution in [0.25, 0.3) is 0 Å². The second-order valence-electron chi connectivity index (χ2n) is 4.17. The van der Waals surface area contributed by atoms with Gasteiger partial charge in [0.2, 0.25) is 0 Å². The van der Waals surface area contributed by atoms with E-state index >= 15 is 0 Å². The molecule has 10 heteroatoms. The van der Waals surface area contributed by atoms with E-state index in [0.29, 0.717) is 0 Å². The molecule has 120 valence electrons. The molecule has 0 unspecified atom stereocenters. The molecule has 0 radical (unpaired) electrons. The van der Waals surface area contributed by atoms with Crippen molar-refractivity contribution >= 4 is 52.8 Å². The van der Waals surface area contributed by atoms with Crippen LogP contribution in [0.15, 0.2) is 36.4 Å². The molecule has 2 rings (SSSR count). The maximum absolute atomic E-state index is 12.3. The third kappa shape index (κ3) is 3.95. The zero-order chi connectivity index (χ0) is 16.4. The lowest BCUT2D eigenvalue weighted by Crippen LogP contribution is -2.04. The van der Waals surface area contributed by atoms with Gasteiger partial charge >= 0.3 is 0 Å². The fourth-order valence-corrected chi connectivity index (χ4v) is 2.27. The van der Waals surface area contributed by atoms with E-state index in [4.69, 9.17) is 23.2 Å². The zero-order valence-electron chi connectivity index (χ0n) is 11.1. The first-order chi connectivity index (χ1) is 10.3. The van der Waals surface area contributed by atoms with Crippen LogP contribution >= 0.6 is 35.6 Å². The van der Waals surface area contributed by atoms with Crippen LogP contribution in [0.3, 0.4) is 0 Å². The van der Waals surface area contributed by atoms with Crippen molar-refractivity contribution in [1.29, 1.82) is 0 Å². The van der Waals surface area contributed by atoms with E-state index in [2.05, 4.69) is 0 Å². The van der Waals surface area contributed by atoms with Crippen molar-refractivity contribution in [1.82, 2.24) is 0 Å². The largest absolute Gasteiger partial charge is 0.288 e. The van der Waals surface area contributed by atoms with Gasteiger partial charge in [-0.05, 0) is 12.1 Å². The molecule has 0 atom stereocenters. The number of rotatable bonds is 4. The Labute approximate surface area is 145 Å². The smallest absolute Gasteiger partial charge is 0.270 e. The highest BCUT2D eigenvalue weighted by atomic mass is 35.5. The highest BCUT2D eigenvalue weighted by Gasteiger charge is 2.20. The van der Waals surface area contributed by atoms with Crippen LogP contribution in [0.1, 0.15) is 15.9 Å². The van der Waals surface area contributed by atoms with Gasteiger partial charge in [0.15, 0.2) is 5.78 Å². The Balaban J connectivity index is 0.00000264. The number of carbonyl (C=O) groups is 1. The highest BCUT2D eigenvalue weighted by molar-refractivity contribution is 6.38. The molecule has 0 aromatic heterocycles. The summed E-state index contributed by atoms with van der Waals surface area (Å²) >= 11 is 11.8. The number of hydrogen-bond acceptors (Lipinski definition) is 5. The van der Waals surface area contributed by atoms with E-state index in [1.54, 1.807) is 0 Å². The Morgan fingerprint density at radius 1 is 0.826 bits per heavy atom. The number of nitro benzene ring substituents is 2. The van der Waals surface area contributed by atoms with Gasteiger partial charge in [0.05, 0.1) is 19.9 Å².